The van der Waals surface area contributed by atoms with Crippen LogP contribution in [0.4, 0.5) is 14.9 Å². The maximum atomic E-state index is 13.5. The smallest absolute Gasteiger partial charge is 0.326 e. The number of β-amino-alcohol motifs (C(OH)–C–C–N with tert-alkyl or cyclic N) is 1. The number of aliphatic hydroxyl groups is 1. The molecule has 8 heteroatoms. The van der Waals surface area contributed by atoms with E-state index in [2.05, 4.69) is 21.2 Å². The van der Waals surface area contributed by atoms with Gasteiger partial charge in [0.1, 0.15) is 11.9 Å². The number of urea groups is 1. The van der Waals surface area contributed by atoms with Crippen LogP contribution < -0.4 is 5.32 Å². The lowest BCUT2D eigenvalue weighted by atomic mass is 10.2. The minimum Gasteiger partial charge on any atom is -0.480 e. The molecular weight excluding hydrogens is 347 g/mol. The zero-order chi connectivity index (χ0) is 15.7. The van der Waals surface area contributed by atoms with Crippen molar-refractivity contribution in [3.8, 4) is 0 Å². The second kappa shape index (κ2) is 5.98. The average Bonchev–Trinajstić information content (AvgIpc) is 2.78. The van der Waals surface area contributed by atoms with Crippen molar-refractivity contribution in [2.24, 2.45) is 0 Å². The van der Waals surface area contributed by atoms with Crippen LogP contribution in [0.2, 0.25) is 0 Å². The molecule has 2 atom stereocenters. The van der Waals surface area contributed by atoms with E-state index in [1.807, 2.05) is 0 Å². The Balaban J connectivity index is 2.18. The molecule has 2 unspecified atom stereocenters. The lowest BCUT2D eigenvalue weighted by molar-refractivity contribution is -0.141. The van der Waals surface area contributed by atoms with Crippen LogP contribution in [-0.2, 0) is 4.79 Å². The Morgan fingerprint density at radius 2 is 2.14 bits per heavy atom. The first-order valence-corrected chi connectivity index (χ1v) is 7.03. The standard InChI is InChI=1S/C13H14BrFN2O4/c1-6-2-8(14)9(15)4-10(6)16-13(21)17-5-7(18)3-11(17)12(19)20/h2,4,7,11,18H,3,5H2,1H3,(H,16,21)(H,19,20). The van der Waals surface area contributed by atoms with E-state index in [-0.39, 0.29) is 23.1 Å². The third kappa shape index (κ3) is 3.33. The number of amides is 2. The van der Waals surface area contributed by atoms with Gasteiger partial charge >= 0.3 is 12.0 Å². The number of carboxylic acids is 1. The average molecular weight is 361 g/mol. The molecule has 0 aliphatic carbocycles. The molecule has 114 valence electrons. The minimum absolute atomic E-state index is 0.0174. The largest absolute Gasteiger partial charge is 0.480 e. The first kappa shape index (κ1) is 15.7. The number of hydrogen-bond donors (Lipinski definition) is 3. The minimum atomic E-state index is -1.18. The van der Waals surface area contributed by atoms with Crippen LogP contribution in [0.3, 0.4) is 0 Å². The van der Waals surface area contributed by atoms with E-state index in [0.717, 1.165) is 11.0 Å². The summed E-state index contributed by atoms with van der Waals surface area (Å²) in [7, 11) is 0. The van der Waals surface area contributed by atoms with Gasteiger partial charge in [-0.1, -0.05) is 0 Å². The molecule has 1 aromatic rings. The van der Waals surface area contributed by atoms with Gasteiger partial charge in [0.25, 0.3) is 0 Å². The van der Waals surface area contributed by atoms with E-state index in [9.17, 15) is 19.1 Å². The van der Waals surface area contributed by atoms with Crippen LogP contribution in [0.15, 0.2) is 16.6 Å². The van der Waals surface area contributed by atoms with Crippen molar-refractivity contribution in [3.05, 3.63) is 28.0 Å². The number of benzene rings is 1. The number of aliphatic carboxylic acids is 1. The summed E-state index contributed by atoms with van der Waals surface area (Å²) in [5.74, 6) is -1.72. The normalized spacial score (nSPS) is 21.4. The summed E-state index contributed by atoms with van der Waals surface area (Å²) < 4.78 is 13.8. The predicted molar refractivity (Wildman–Crippen MR) is 76.6 cm³/mol. The second-order valence-corrected chi connectivity index (χ2v) is 5.76. The number of rotatable bonds is 2. The Hall–Kier alpha value is -1.67. The molecule has 1 heterocycles. The van der Waals surface area contributed by atoms with Crippen molar-refractivity contribution in [2.75, 3.05) is 11.9 Å². The number of likely N-dealkylation sites (tertiary alicyclic amines) is 1. The van der Waals surface area contributed by atoms with Gasteiger partial charge in [-0.2, -0.15) is 0 Å². The molecule has 2 rings (SSSR count). The molecule has 1 aliphatic heterocycles. The highest BCUT2D eigenvalue weighted by Gasteiger charge is 2.39. The van der Waals surface area contributed by atoms with E-state index in [0.29, 0.717) is 5.56 Å². The number of halogens is 2. The van der Waals surface area contributed by atoms with Gasteiger partial charge in [0.15, 0.2) is 0 Å². The Morgan fingerprint density at radius 3 is 2.76 bits per heavy atom. The van der Waals surface area contributed by atoms with Crippen molar-refractivity contribution < 1.29 is 24.2 Å². The number of anilines is 1. The number of hydrogen-bond acceptors (Lipinski definition) is 3. The van der Waals surface area contributed by atoms with Gasteiger partial charge in [-0.05, 0) is 40.5 Å². The molecule has 6 nitrogen and oxygen atoms in total. The lowest BCUT2D eigenvalue weighted by Gasteiger charge is -2.22. The zero-order valence-corrected chi connectivity index (χ0v) is 12.7. The number of nitrogens with one attached hydrogen (secondary N) is 1. The lowest BCUT2D eigenvalue weighted by Crippen LogP contribution is -2.43. The van der Waals surface area contributed by atoms with Crippen molar-refractivity contribution in [1.29, 1.82) is 0 Å². The molecule has 1 aromatic carbocycles. The molecule has 3 N–H and O–H groups in total. The Labute approximate surface area is 128 Å². The maximum absolute atomic E-state index is 13.5. The third-order valence-corrected chi connectivity index (χ3v) is 3.94. The fourth-order valence-electron chi connectivity index (χ4n) is 2.24. The van der Waals surface area contributed by atoms with E-state index < -0.39 is 30.0 Å². The summed E-state index contributed by atoms with van der Waals surface area (Å²) in [5, 5.41) is 21.0. The van der Waals surface area contributed by atoms with E-state index in [4.69, 9.17) is 5.11 Å². The highest BCUT2D eigenvalue weighted by atomic mass is 79.9. The Bertz CT molecular complexity index is 596. The van der Waals surface area contributed by atoms with Gasteiger partial charge in [0.2, 0.25) is 0 Å². The molecule has 0 radical (unpaired) electrons. The molecule has 0 spiro atoms. The van der Waals surface area contributed by atoms with Gasteiger partial charge in [0.05, 0.1) is 10.6 Å². The number of aryl methyl sites for hydroxylation is 1. The number of carbonyl (C=O) groups excluding carboxylic acids is 1. The summed E-state index contributed by atoms with van der Waals surface area (Å²) >= 11 is 3.04. The van der Waals surface area contributed by atoms with Crippen LogP contribution in [0.1, 0.15) is 12.0 Å². The number of carbonyl (C=O) groups is 2. The molecule has 1 saturated heterocycles. The molecule has 1 aliphatic rings. The van der Waals surface area contributed by atoms with Crippen LogP contribution in [0, 0.1) is 12.7 Å². The summed E-state index contributed by atoms with van der Waals surface area (Å²) in [6.07, 6.45) is -0.893. The van der Waals surface area contributed by atoms with Crippen LogP contribution in [0.5, 0.6) is 0 Å². The first-order valence-electron chi connectivity index (χ1n) is 6.23. The SMILES string of the molecule is Cc1cc(Br)c(F)cc1NC(=O)N1CC(O)CC1C(=O)O. The highest BCUT2D eigenvalue weighted by Crippen LogP contribution is 2.25. The number of aliphatic hydroxyl groups excluding tert-OH is 1. The maximum Gasteiger partial charge on any atom is 0.326 e. The van der Waals surface area contributed by atoms with E-state index in [1.165, 1.54) is 6.07 Å². The van der Waals surface area contributed by atoms with Gasteiger partial charge in [-0.15, -0.1) is 0 Å². The van der Waals surface area contributed by atoms with Gasteiger partial charge in [0, 0.05) is 18.7 Å². The predicted octanol–water partition coefficient (Wildman–Crippen LogP) is 1.95. The highest BCUT2D eigenvalue weighted by molar-refractivity contribution is 9.10. The molecular formula is C13H14BrFN2O4. The first-order chi connectivity index (χ1) is 9.79. The van der Waals surface area contributed by atoms with Crippen LogP contribution in [-0.4, -0.2) is 45.8 Å². The second-order valence-electron chi connectivity index (χ2n) is 4.91. The fraction of sp³-hybridized carbons (Fsp3) is 0.385. The van der Waals surface area contributed by atoms with Crippen molar-refractivity contribution in [3.63, 3.8) is 0 Å². The van der Waals surface area contributed by atoms with Crippen molar-refractivity contribution >= 4 is 33.6 Å². The molecule has 1 fully saturated rings. The summed E-state index contributed by atoms with van der Waals surface area (Å²) in [4.78, 5) is 24.2. The van der Waals surface area contributed by atoms with Gasteiger partial charge in [-0.3, -0.25) is 0 Å². The number of nitrogens with zero attached hydrogens (tertiary/aromatic N) is 1. The third-order valence-electron chi connectivity index (χ3n) is 3.33. The van der Waals surface area contributed by atoms with Gasteiger partial charge in [-0.25, -0.2) is 14.0 Å². The van der Waals surface area contributed by atoms with Gasteiger partial charge < -0.3 is 20.4 Å². The van der Waals surface area contributed by atoms with E-state index in [1.54, 1.807) is 6.92 Å². The monoisotopic (exact) mass is 360 g/mol. The fourth-order valence-corrected chi connectivity index (χ4v) is 2.70. The summed E-state index contributed by atoms with van der Waals surface area (Å²) in [5.41, 5.74) is 0.884. The Morgan fingerprint density at radius 1 is 1.48 bits per heavy atom. The molecule has 0 bridgehead atoms. The molecule has 2 amide bonds. The quantitative estimate of drug-likeness (QED) is 0.751. The van der Waals surface area contributed by atoms with E-state index >= 15 is 0 Å². The zero-order valence-electron chi connectivity index (χ0n) is 11.1. The summed E-state index contributed by atoms with van der Waals surface area (Å²) in [6, 6.07) is 0.905. The summed E-state index contributed by atoms with van der Waals surface area (Å²) in [6.45, 7) is 1.62. The molecule has 0 aromatic heterocycles. The van der Waals surface area contributed by atoms with Crippen LogP contribution >= 0.6 is 15.9 Å². The Kier molecular flexibility index (Phi) is 4.48. The van der Waals surface area contributed by atoms with Crippen molar-refractivity contribution in [2.45, 2.75) is 25.5 Å². The topological polar surface area (TPSA) is 89.9 Å². The number of carboxylic acid groups (broad SMARTS) is 1. The molecule has 21 heavy (non-hydrogen) atoms. The van der Waals surface area contributed by atoms with Crippen LogP contribution in [0.25, 0.3) is 0 Å². The molecule has 0 saturated carbocycles. The van der Waals surface area contributed by atoms with Crippen molar-refractivity contribution in [1.82, 2.24) is 4.90 Å².